The van der Waals surface area contributed by atoms with Gasteiger partial charge in [-0.05, 0) is 41.4 Å². The van der Waals surface area contributed by atoms with Crippen molar-refractivity contribution in [3.05, 3.63) is 52.4 Å². The maximum Gasteiger partial charge on any atom is 0.255 e. The van der Waals surface area contributed by atoms with E-state index in [9.17, 15) is 14.4 Å². The highest BCUT2D eigenvalue weighted by atomic mass is 16.5. The number of rotatable bonds is 4. The SMILES string of the molecule is CN1C2=C(C(=O)CC(C)(C)C2)C(c2ccc(OCC(N)=O)cc2)C2=C1CC(C)(C)CC2=O. The van der Waals surface area contributed by atoms with Crippen LogP contribution in [0, 0.1) is 10.8 Å². The van der Waals surface area contributed by atoms with Crippen molar-refractivity contribution in [3.63, 3.8) is 0 Å². The normalized spacial score (nSPS) is 22.6. The van der Waals surface area contributed by atoms with Crippen LogP contribution in [0.4, 0.5) is 0 Å². The summed E-state index contributed by atoms with van der Waals surface area (Å²) in [5.74, 6) is -0.151. The van der Waals surface area contributed by atoms with Crippen LogP contribution < -0.4 is 10.5 Å². The van der Waals surface area contributed by atoms with Crippen molar-refractivity contribution in [1.29, 1.82) is 0 Å². The third kappa shape index (κ3) is 3.98. The molecule has 32 heavy (non-hydrogen) atoms. The molecule has 3 aliphatic rings. The smallest absolute Gasteiger partial charge is 0.255 e. The van der Waals surface area contributed by atoms with E-state index in [4.69, 9.17) is 10.5 Å². The predicted octanol–water partition coefficient (Wildman–Crippen LogP) is 3.87. The molecule has 0 saturated heterocycles. The summed E-state index contributed by atoms with van der Waals surface area (Å²) in [6.07, 6.45) is 2.54. The number of ether oxygens (including phenoxy) is 1. The van der Waals surface area contributed by atoms with Gasteiger partial charge in [0, 0.05) is 48.3 Å². The van der Waals surface area contributed by atoms with E-state index in [0.717, 1.165) is 40.9 Å². The Bertz CT molecular complexity index is 1010. The minimum absolute atomic E-state index is 0.117. The van der Waals surface area contributed by atoms with Crippen LogP contribution in [0.15, 0.2) is 46.8 Å². The summed E-state index contributed by atoms with van der Waals surface area (Å²) >= 11 is 0. The van der Waals surface area contributed by atoms with E-state index in [1.165, 1.54) is 0 Å². The molecule has 6 heteroatoms. The zero-order chi connectivity index (χ0) is 23.4. The van der Waals surface area contributed by atoms with E-state index in [2.05, 4.69) is 32.6 Å². The maximum atomic E-state index is 13.4. The lowest BCUT2D eigenvalue weighted by atomic mass is 9.64. The third-order valence-corrected chi connectivity index (χ3v) is 6.77. The number of carbonyl (C=O) groups excluding carboxylic acids is 3. The number of ketones is 2. The van der Waals surface area contributed by atoms with Gasteiger partial charge < -0.3 is 15.4 Å². The molecule has 2 N–H and O–H groups in total. The van der Waals surface area contributed by atoms with Gasteiger partial charge in [0.1, 0.15) is 5.75 Å². The zero-order valence-electron chi connectivity index (χ0n) is 19.6. The molecular weight excluding hydrogens is 404 g/mol. The van der Waals surface area contributed by atoms with E-state index in [0.29, 0.717) is 18.6 Å². The van der Waals surface area contributed by atoms with Crippen molar-refractivity contribution < 1.29 is 19.1 Å². The third-order valence-electron chi connectivity index (χ3n) is 6.77. The summed E-state index contributed by atoms with van der Waals surface area (Å²) in [6.45, 7) is 8.31. The van der Waals surface area contributed by atoms with Gasteiger partial charge in [-0.2, -0.15) is 0 Å². The molecule has 0 saturated carbocycles. The first-order valence-electron chi connectivity index (χ1n) is 11.2. The first-order chi connectivity index (χ1) is 14.9. The van der Waals surface area contributed by atoms with Crippen LogP contribution in [-0.2, 0) is 14.4 Å². The number of benzene rings is 1. The van der Waals surface area contributed by atoms with Crippen LogP contribution in [0.2, 0.25) is 0 Å². The Kier molecular flexibility index (Phi) is 5.30. The van der Waals surface area contributed by atoms with Gasteiger partial charge in [-0.25, -0.2) is 0 Å². The van der Waals surface area contributed by atoms with Crippen LogP contribution >= 0.6 is 0 Å². The average Bonchev–Trinajstić information content (AvgIpc) is 2.67. The molecule has 0 fully saturated rings. The van der Waals surface area contributed by atoms with Crippen LogP contribution in [0.1, 0.15) is 64.9 Å². The molecule has 0 radical (unpaired) electrons. The van der Waals surface area contributed by atoms with Gasteiger partial charge >= 0.3 is 0 Å². The molecular formula is C26H32N2O4. The van der Waals surface area contributed by atoms with Gasteiger partial charge in [0.2, 0.25) is 0 Å². The van der Waals surface area contributed by atoms with Crippen LogP contribution in [-0.4, -0.2) is 36.0 Å². The molecule has 170 valence electrons. The highest BCUT2D eigenvalue weighted by Crippen LogP contribution is 2.53. The van der Waals surface area contributed by atoms with Crippen molar-refractivity contribution in [2.75, 3.05) is 13.7 Å². The average molecular weight is 437 g/mol. The fourth-order valence-corrected chi connectivity index (χ4v) is 5.41. The number of allylic oxidation sites excluding steroid dienone is 4. The Hall–Kier alpha value is -2.89. The van der Waals surface area contributed by atoms with Crippen LogP contribution in [0.5, 0.6) is 5.75 Å². The number of hydrogen-bond acceptors (Lipinski definition) is 5. The predicted molar refractivity (Wildman–Crippen MR) is 122 cm³/mol. The molecule has 4 rings (SSSR count). The molecule has 0 aromatic heterocycles. The van der Waals surface area contributed by atoms with Crippen LogP contribution in [0.3, 0.4) is 0 Å². The fourth-order valence-electron chi connectivity index (χ4n) is 5.41. The monoisotopic (exact) mass is 436 g/mol. The van der Waals surface area contributed by atoms with Crippen molar-refractivity contribution in [2.45, 2.75) is 59.3 Å². The minimum atomic E-state index is -0.542. The van der Waals surface area contributed by atoms with Gasteiger partial charge in [-0.3, -0.25) is 14.4 Å². The Morgan fingerprint density at radius 3 is 1.84 bits per heavy atom. The van der Waals surface area contributed by atoms with Crippen molar-refractivity contribution in [3.8, 4) is 5.75 Å². The van der Waals surface area contributed by atoms with Crippen molar-refractivity contribution in [1.82, 2.24) is 4.90 Å². The summed E-state index contributed by atoms with van der Waals surface area (Å²) in [7, 11) is 2.00. The highest BCUT2D eigenvalue weighted by molar-refractivity contribution is 6.06. The molecule has 1 amide bonds. The van der Waals surface area contributed by atoms with Crippen molar-refractivity contribution in [2.24, 2.45) is 16.6 Å². The molecule has 6 nitrogen and oxygen atoms in total. The summed E-state index contributed by atoms with van der Waals surface area (Å²) < 4.78 is 5.40. The molecule has 0 bridgehead atoms. The van der Waals surface area contributed by atoms with E-state index in [-0.39, 0.29) is 34.9 Å². The highest BCUT2D eigenvalue weighted by Gasteiger charge is 2.48. The first kappa shape index (κ1) is 22.3. The summed E-state index contributed by atoms with van der Waals surface area (Å²) in [5.41, 5.74) is 9.41. The van der Waals surface area contributed by atoms with E-state index >= 15 is 0 Å². The molecule has 0 atom stereocenters. The standard InChI is InChI=1S/C26H32N2O4/c1-25(2)10-17-23(19(29)12-25)22(15-6-8-16(9-7-15)32-14-21(27)31)24-18(28(17)5)11-26(3,4)13-20(24)30/h6-9,22H,10-14H2,1-5H3,(H2,27,31). The number of Topliss-reactive ketones (excluding diaryl/α,β-unsaturated/α-hetero) is 2. The van der Waals surface area contributed by atoms with Gasteiger partial charge in [0.15, 0.2) is 18.2 Å². The van der Waals surface area contributed by atoms with Gasteiger partial charge in [0.05, 0.1) is 0 Å². The topological polar surface area (TPSA) is 89.7 Å². The number of primary amides is 1. The quantitative estimate of drug-likeness (QED) is 0.774. The molecule has 1 aromatic rings. The van der Waals surface area contributed by atoms with E-state index < -0.39 is 5.91 Å². The molecule has 1 aromatic carbocycles. The molecule has 1 aliphatic heterocycles. The summed E-state index contributed by atoms with van der Waals surface area (Å²) in [6, 6.07) is 7.32. The fraction of sp³-hybridized carbons (Fsp3) is 0.500. The van der Waals surface area contributed by atoms with Gasteiger partial charge in [-0.15, -0.1) is 0 Å². The van der Waals surface area contributed by atoms with Crippen LogP contribution in [0.25, 0.3) is 0 Å². The molecule has 1 heterocycles. The zero-order valence-corrected chi connectivity index (χ0v) is 19.6. The minimum Gasteiger partial charge on any atom is -0.484 e. The number of carbonyl (C=O) groups is 3. The maximum absolute atomic E-state index is 13.4. The number of hydrogen-bond donors (Lipinski definition) is 1. The van der Waals surface area contributed by atoms with Gasteiger partial charge in [0.25, 0.3) is 5.91 Å². The second-order valence-electron chi connectivity index (χ2n) is 10.9. The number of nitrogens with zero attached hydrogens (tertiary/aromatic N) is 1. The number of nitrogens with two attached hydrogens (primary N) is 1. The van der Waals surface area contributed by atoms with Crippen molar-refractivity contribution >= 4 is 17.5 Å². The Balaban J connectivity index is 1.84. The van der Waals surface area contributed by atoms with Gasteiger partial charge in [-0.1, -0.05) is 39.8 Å². The number of amides is 1. The van der Waals surface area contributed by atoms with E-state index in [1.54, 1.807) is 12.1 Å². The first-order valence-corrected chi connectivity index (χ1v) is 11.2. The lowest BCUT2D eigenvalue weighted by Crippen LogP contribution is -2.43. The largest absolute Gasteiger partial charge is 0.484 e. The summed E-state index contributed by atoms with van der Waals surface area (Å²) in [4.78, 5) is 40.0. The molecule has 0 spiro atoms. The Labute approximate surface area is 189 Å². The lowest BCUT2D eigenvalue weighted by Gasteiger charge is -2.47. The second kappa shape index (κ2) is 7.61. The lowest BCUT2D eigenvalue weighted by molar-refractivity contribution is -0.121. The second-order valence-corrected chi connectivity index (χ2v) is 10.9. The Morgan fingerprint density at radius 2 is 1.41 bits per heavy atom. The Morgan fingerprint density at radius 1 is 0.938 bits per heavy atom. The molecule has 2 aliphatic carbocycles. The summed E-state index contributed by atoms with van der Waals surface area (Å²) in [5, 5.41) is 0. The molecule has 0 unspecified atom stereocenters. The van der Waals surface area contributed by atoms with E-state index in [1.807, 2.05) is 19.2 Å².